The Hall–Kier alpha value is -2.11. The van der Waals surface area contributed by atoms with E-state index in [1.807, 2.05) is 0 Å². The van der Waals surface area contributed by atoms with E-state index < -0.39 is 0 Å². The second-order valence-electron chi connectivity index (χ2n) is 2.96. The minimum absolute atomic E-state index is 0.0106. The lowest BCUT2D eigenvalue weighted by atomic mass is 10.2. The second-order valence-corrected chi connectivity index (χ2v) is 2.96. The summed E-state index contributed by atoms with van der Waals surface area (Å²) in [7, 11) is 0. The third-order valence-electron chi connectivity index (χ3n) is 1.72. The molecular weight excluding hydrogens is 196 g/mol. The highest BCUT2D eigenvalue weighted by atomic mass is 16.4. The lowest BCUT2D eigenvalue weighted by Crippen LogP contribution is -2.33. The van der Waals surface area contributed by atoms with Gasteiger partial charge >= 0.3 is 0 Å². The van der Waals surface area contributed by atoms with Gasteiger partial charge in [0, 0.05) is 17.5 Å². The van der Waals surface area contributed by atoms with E-state index in [9.17, 15) is 4.79 Å². The van der Waals surface area contributed by atoms with E-state index in [4.69, 9.17) is 10.9 Å². The largest absolute Gasteiger partial charge is 0.409 e. The van der Waals surface area contributed by atoms with E-state index in [2.05, 4.69) is 15.5 Å². The van der Waals surface area contributed by atoms with Crippen molar-refractivity contribution in [1.29, 1.82) is 0 Å². The van der Waals surface area contributed by atoms with Crippen molar-refractivity contribution in [2.45, 2.75) is 6.92 Å². The van der Waals surface area contributed by atoms with Gasteiger partial charge in [0.25, 0.3) is 5.91 Å². The van der Waals surface area contributed by atoms with Crippen LogP contribution in [0.2, 0.25) is 0 Å². The van der Waals surface area contributed by atoms with E-state index in [0.717, 1.165) is 5.69 Å². The normalized spacial score (nSPS) is 11.1. The number of rotatable bonds is 3. The van der Waals surface area contributed by atoms with E-state index in [1.54, 1.807) is 25.3 Å². The number of hydrogen-bond donors (Lipinski definition) is 3. The van der Waals surface area contributed by atoms with Crippen LogP contribution in [0.15, 0.2) is 23.5 Å². The summed E-state index contributed by atoms with van der Waals surface area (Å²) in [6.45, 7) is 1.80. The van der Waals surface area contributed by atoms with Crippen LogP contribution < -0.4 is 11.1 Å². The molecule has 15 heavy (non-hydrogen) atoms. The standard InChI is InChI=1S/C9H12N4O2/c1-6-4-7(2-3-11-6)9(14)12-5-8(10)13-15/h2-4,15H,5H2,1H3,(H2,10,13)(H,12,14). The molecule has 80 valence electrons. The minimum Gasteiger partial charge on any atom is -0.409 e. The maximum atomic E-state index is 11.5. The van der Waals surface area contributed by atoms with Crippen LogP contribution in [0.4, 0.5) is 0 Å². The number of hydrogen-bond acceptors (Lipinski definition) is 4. The summed E-state index contributed by atoms with van der Waals surface area (Å²) in [6.07, 6.45) is 1.55. The van der Waals surface area contributed by atoms with Gasteiger partial charge in [0.15, 0.2) is 5.84 Å². The molecule has 0 saturated heterocycles. The first-order valence-corrected chi connectivity index (χ1v) is 4.30. The van der Waals surface area contributed by atoms with Crippen LogP contribution >= 0.6 is 0 Å². The van der Waals surface area contributed by atoms with Crippen molar-refractivity contribution in [2.75, 3.05) is 6.54 Å². The molecule has 4 N–H and O–H groups in total. The molecule has 1 rings (SSSR count). The summed E-state index contributed by atoms with van der Waals surface area (Å²) >= 11 is 0. The number of pyridine rings is 1. The lowest BCUT2D eigenvalue weighted by Gasteiger charge is -2.03. The van der Waals surface area contributed by atoms with Crippen molar-refractivity contribution < 1.29 is 10.0 Å². The van der Waals surface area contributed by atoms with Crippen LogP contribution in [0.5, 0.6) is 0 Å². The van der Waals surface area contributed by atoms with Crippen molar-refractivity contribution in [3.05, 3.63) is 29.6 Å². The van der Waals surface area contributed by atoms with E-state index in [1.165, 1.54) is 0 Å². The zero-order chi connectivity index (χ0) is 11.3. The molecule has 1 amide bonds. The summed E-state index contributed by atoms with van der Waals surface area (Å²) in [5.41, 5.74) is 6.45. The number of aromatic nitrogens is 1. The topological polar surface area (TPSA) is 101 Å². The molecule has 0 aliphatic rings. The zero-order valence-corrected chi connectivity index (χ0v) is 8.27. The molecule has 0 saturated carbocycles. The number of nitrogens with zero attached hydrogens (tertiary/aromatic N) is 2. The predicted molar refractivity (Wildman–Crippen MR) is 54.7 cm³/mol. The Kier molecular flexibility index (Phi) is 3.61. The number of nitrogens with two attached hydrogens (primary N) is 1. The quantitative estimate of drug-likeness (QED) is 0.278. The first kappa shape index (κ1) is 11.0. The molecule has 0 atom stereocenters. The molecule has 1 aromatic rings. The average Bonchev–Trinajstić information content (AvgIpc) is 2.25. The third-order valence-corrected chi connectivity index (χ3v) is 1.72. The van der Waals surface area contributed by atoms with Crippen molar-refractivity contribution in [3.8, 4) is 0 Å². The van der Waals surface area contributed by atoms with Gasteiger partial charge < -0.3 is 16.3 Å². The Balaban J connectivity index is 2.62. The SMILES string of the molecule is Cc1cc(C(=O)NC/C(N)=N/O)ccn1. The second kappa shape index (κ2) is 4.94. The maximum absolute atomic E-state index is 11.5. The van der Waals surface area contributed by atoms with E-state index >= 15 is 0 Å². The van der Waals surface area contributed by atoms with Gasteiger partial charge in [-0.3, -0.25) is 9.78 Å². The van der Waals surface area contributed by atoms with Crippen molar-refractivity contribution in [1.82, 2.24) is 10.3 Å². The predicted octanol–water partition coefficient (Wildman–Crippen LogP) is -0.134. The van der Waals surface area contributed by atoms with Crippen LogP contribution in [-0.2, 0) is 0 Å². The summed E-state index contributed by atoms with van der Waals surface area (Å²) in [5.74, 6) is -0.332. The molecule has 0 aromatic carbocycles. The molecule has 0 radical (unpaired) electrons. The molecule has 0 unspecified atom stereocenters. The van der Waals surface area contributed by atoms with Crippen LogP contribution in [0.25, 0.3) is 0 Å². The number of amides is 1. The molecule has 0 aliphatic heterocycles. The van der Waals surface area contributed by atoms with E-state index in [-0.39, 0.29) is 18.3 Å². The molecular formula is C9H12N4O2. The highest BCUT2D eigenvalue weighted by molar-refractivity contribution is 5.96. The fourth-order valence-electron chi connectivity index (χ4n) is 0.995. The summed E-state index contributed by atoms with van der Waals surface area (Å²) < 4.78 is 0. The highest BCUT2D eigenvalue weighted by Crippen LogP contribution is 1.99. The Labute approximate surface area is 86.8 Å². The highest BCUT2D eigenvalue weighted by Gasteiger charge is 2.05. The van der Waals surface area contributed by atoms with Crippen molar-refractivity contribution >= 4 is 11.7 Å². The van der Waals surface area contributed by atoms with Gasteiger partial charge in [-0.25, -0.2) is 0 Å². The van der Waals surface area contributed by atoms with Gasteiger partial charge in [-0.15, -0.1) is 0 Å². The molecule has 1 heterocycles. The van der Waals surface area contributed by atoms with Crippen LogP contribution in [0, 0.1) is 6.92 Å². The Bertz CT molecular complexity index is 389. The van der Waals surface area contributed by atoms with E-state index in [0.29, 0.717) is 5.56 Å². The Morgan fingerprint density at radius 1 is 1.73 bits per heavy atom. The van der Waals surface area contributed by atoms with Gasteiger partial charge in [0.1, 0.15) is 0 Å². The first-order valence-electron chi connectivity index (χ1n) is 4.30. The van der Waals surface area contributed by atoms with Gasteiger partial charge in [-0.2, -0.15) is 0 Å². The fraction of sp³-hybridized carbons (Fsp3) is 0.222. The molecule has 0 aliphatic carbocycles. The summed E-state index contributed by atoms with van der Waals surface area (Å²) in [6, 6.07) is 3.25. The van der Waals surface area contributed by atoms with Crippen LogP contribution in [0.1, 0.15) is 16.1 Å². The molecule has 0 bridgehead atoms. The summed E-state index contributed by atoms with van der Waals surface area (Å²) in [4.78, 5) is 15.5. The van der Waals surface area contributed by atoms with Crippen molar-refractivity contribution in [3.63, 3.8) is 0 Å². The van der Waals surface area contributed by atoms with Crippen LogP contribution in [-0.4, -0.2) is 28.5 Å². The smallest absolute Gasteiger partial charge is 0.251 e. The number of carbonyl (C=O) groups is 1. The minimum atomic E-state index is -0.285. The molecule has 0 spiro atoms. The number of oxime groups is 1. The lowest BCUT2D eigenvalue weighted by molar-refractivity contribution is 0.0959. The number of amidine groups is 1. The molecule has 6 heteroatoms. The maximum Gasteiger partial charge on any atom is 0.251 e. The Morgan fingerprint density at radius 3 is 3.07 bits per heavy atom. The van der Waals surface area contributed by atoms with Gasteiger partial charge in [-0.1, -0.05) is 5.16 Å². The monoisotopic (exact) mass is 208 g/mol. The number of aryl methyl sites for hydroxylation is 1. The fourth-order valence-corrected chi connectivity index (χ4v) is 0.995. The molecule has 6 nitrogen and oxygen atoms in total. The van der Waals surface area contributed by atoms with Crippen LogP contribution in [0.3, 0.4) is 0 Å². The Morgan fingerprint density at radius 2 is 2.47 bits per heavy atom. The zero-order valence-electron chi connectivity index (χ0n) is 8.27. The number of carbonyl (C=O) groups excluding carboxylic acids is 1. The molecule has 1 aromatic heterocycles. The summed E-state index contributed by atoms with van der Waals surface area (Å²) in [5, 5.41) is 13.5. The van der Waals surface area contributed by atoms with Crippen molar-refractivity contribution in [2.24, 2.45) is 10.9 Å². The van der Waals surface area contributed by atoms with Gasteiger partial charge in [0.05, 0.1) is 6.54 Å². The average molecular weight is 208 g/mol. The third kappa shape index (κ3) is 3.26. The first-order chi connectivity index (χ1) is 7.13. The van der Waals surface area contributed by atoms with Gasteiger partial charge in [0.2, 0.25) is 0 Å². The molecule has 0 fully saturated rings. The number of nitrogens with one attached hydrogen (secondary N) is 1. The van der Waals surface area contributed by atoms with Gasteiger partial charge in [-0.05, 0) is 19.1 Å².